The van der Waals surface area contributed by atoms with E-state index < -0.39 is 5.97 Å². The van der Waals surface area contributed by atoms with Gasteiger partial charge in [-0.15, -0.1) is 11.3 Å². The smallest absolute Gasteiger partial charge is 0.350 e. The molecular weight excluding hydrogens is 364 g/mol. The van der Waals surface area contributed by atoms with Gasteiger partial charge in [0.05, 0.1) is 24.9 Å². The van der Waals surface area contributed by atoms with Crippen molar-refractivity contribution in [2.45, 2.75) is 25.9 Å². The minimum atomic E-state index is -0.430. The summed E-state index contributed by atoms with van der Waals surface area (Å²) in [7, 11) is 0. The molecule has 0 spiro atoms. The van der Waals surface area contributed by atoms with Gasteiger partial charge < -0.3 is 15.2 Å². The minimum Gasteiger partial charge on any atom is -0.462 e. The van der Waals surface area contributed by atoms with Gasteiger partial charge >= 0.3 is 5.97 Å². The summed E-state index contributed by atoms with van der Waals surface area (Å²) in [4.78, 5) is 28.1. The molecule has 3 rings (SSSR count). The Morgan fingerprint density at radius 2 is 1.96 bits per heavy atom. The van der Waals surface area contributed by atoms with Crippen LogP contribution in [0.2, 0.25) is 0 Å². The van der Waals surface area contributed by atoms with Crippen LogP contribution in [0.3, 0.4) is 0 Å². The van der Waals surface area contributed by atoms with E-state index in [2.05, 4.69) is 5.32 Å². The molecule has 2 N–H and O–H groups in total. The van der Waals surface area contributed by atoms with Crippen molar-refractivity contribution in [3.8, 4) is 10.4 Å². The number of aliphatic hydroxyl groups excluding tert-OH is 1. The molecule has 0 unspecified atom stereocenters. The van der Waals surface area contributed by atoms with E-state index in [0.29, 0.717) is 36.5 Å². The zero-order chi connectivity index (χ0) is 19.2. The predicted molar refractivity (Wildman–Crippen MR) is 106 cm³/mol. The van der Waals surface area contributed by atoms with Crippen molar-refractivity contribution in [1.29, 1.82) is 0 Å². The number of rotatable bonds is 6. The topological polar surface area (TPSA) is 78.9 Å². The Balaban J connectivity index is 1.75. The molecule has 2 heterocycles. The molecule has 0 bridgehead atoms. The fraction of sp³-hybridized carbons (Fsp3) is 0.400. The predicted octanol–water partition coefficient (Wildman–Crippen LogP) is 2.99. The van der Waals surface area contributed by atoms with E-state index in [1.165, 1.54) is 11.3 Å². The summed E-state index contributed by atoms with van der Waals surface area (Å²) in [6.07, 6.45) is 1.08. The maximum Gasteiger partial charge on any atom is 0.350 e. The van der Waals surface area contributed by atoms with E-state index in [1.54, 1.807) is 6.92 Å². The molecule has 1 aliphatic rings. The first kappa shape index (κ1) is 19.5. The fourth-order valence-electron chi connectivity index (χ4n) is 3.05. The van der Waals surface area contributed by atoms with Crippen LogP contribution in [0.25, 0.3) is 10.4 Å². The van der Waals surface area contributed by atoms with Crippen LogP contribution in [0, 0.1) is 0 Å². The Kier molecular flexibility index (Phi) is 6.60. The van der Waals surface area contributed by atoms with Crippen molar-refractivity contribution in [2.75, 3.05) is 31.6 Å². The van der Waals surface area contributed by atoms with Gasteiger partial charge in [0.15, 0.2) is 0 Å². The Hall–Kier alpha value is -2.22. The second-order valence-corrected chi connectivity index (χ2v) is 7.55. The van der Waals surface area contributed by atoms with E-state index in [9.17, 15) is 14.7 Å². The lowest BCUT2D eigenvalue weighted by Crippen LogP contribution is -2.40. The third-order valence-corrected chi connectivity index (χ3v) is 5.61. The Morgan fingerprint density at radius 3 is 2.63 bits per heavy atom. The van der Waals surface area contributed by atoms with Crippen LogP contribution < -0.4 is 5.32 Å². The van der Waals surface area contributed by atoms with Gasteiger partial charge in [-0.2, -0.15) is 0 Å². The molecule has 0 atom stereocenters. The number of esters is 1. The molecule has 27 heavy (non-hydrogen) atoms. The Bertz CT molecular complexity index is 783. The zero-order valence-corrected chi connectivity index (χ0v) is 16.1. The van der Waals surface area contributed by atoms with Gasteiger partial charge in [-0.25, -0.2) is 4.79 Å². The summed E-state index contributed by atoms with van der Waals surface area (Å²) in [5.74, 6) is -0.601. The number of thiophene rings is 1. The molecule has 0 saturated carbocycles. The van der Waals surface area contributed by atoms with Crippen LogP contribution in [-0.4, -0.2) is 54.2 Å². The van der Waals surface area contributed by atoms with E-state index >= 15 is 0 Å². The summed E-state index contributed by atoms with van der Waals surface area (Å²) < 4.78 is 5.14. The molecule has 1 fully saturated rings. The number of piperidine rings is 1. The quantitative estimate of drug-likeness (QED) is 0.744. The second-order valence-electron chi connectivity index (χ2n) is 6.50. The fourth-order valence-corrected chi connectivity index (χ4v) is 4.06. The first-order valence-electron chi connectivity index (χ1n) is 9.13. The number of benzene rings is 1. The molecule has 1 saturated heterocycles. The van der Waals surface area contributed by atoms with Crippen LogP contribution >= 0.6 is 11.3 Å². The average molecular weight is 388 g/mol. The zero-order valence-electron chi connectivity index (χ0n) is 15.3. The normalized spacial score (nSPS) is 15.5. The number of ether oxygens (including phenoxy) is 1. The number of hydrogen-bond donors (Lipinski definition) is 2. The number of anilines is 1. The maximum absolute atomic E-state index is 12.5. The van der Waals surface area contributed by atoms with Crippen LogP contribution in [-0.2, 0) is 9.53 Å². The van der Waals surface area contributed by atoms with Gasteiger partial charge in [-0.05, 0) is 31.4 Å². The average Bonchev–Trinajstić information content (AvgIpc) is 3.08. The third kappa shape index (κ3) is 5.15. The number of aliphatic hydroxyl groups is 1. The molecule has 6 nitrogen and oxygen atoms in total. The molecule has 2 aromatic rings. The molecule has 1 aromatic heterocycles. The number of hydrogen-bond acceptors (Lipinski definition) is 6. The van der Waals surface area contributed by atoms with Gasteiger partial charge in [0.25, 0.3) is 0 Å². The van der Waals surface area contributed by atoms with Crippen LogP contribution in [0.1, 0.15) is 29.4 Å². The minimum absolute atomic E-state index is 0.172. The number of likely N-dealkylation sites (tertiary alicyclic amines) is 1. The van der Waals surface area contributed by atoms with Crippen molar-refractivity contribution in [3.63, 3.8) is 0 Å². The lowest BCUT2D eigenvalue weighted by atomic mass is 10.1. The monoisotopic (exact) mass is 388 g/mol. The van der Waals surface area contributed by atoms with Crippen molar-refractivity contribution >= 4 is 28.9 Å². The van der Waals surface area contributed by atoms with Crippen LogP contribution in [0.4, 0.5) is 5.69 Å². The summed E-state index contributed by atoms with van der Waals surface area (Å²) in [5.41, 5.74) is 1.47. The SMILES string of the molecule is CCOC(=O)c1sc(-c2ccccc2)cc1NC(=O)CN1CCC(O)CC1. The summed E-state index contributed by atoms with van der Waals surface area (Å²) in [6.45, 7) is 3.66. The van der Waals surface area contributed by atoms with Gasteiger partial charge in [0.2, 0.25) is 5.91 Å². The molecule has 1 amide bonds. The molecule has 1 aromatic carbocycles. The number of amides is 1. The third-order valence-electron chi connectivity index (χ3n) is 4.45. The highest BCUT2D eigenvalue weighted by atomic mass is 32.1. The molecule has 7 heteroatoms. The first-order valence-corrected chi connectivity index (χ1v) is 9.95. The summed E-state index contributed by atoms with van der Waals surface area (Å²) in [6, 6.07) is 11.5. The molecule has 0 aliphatic carbocycles. The van der Waals surface area contributed by atoms with E-state index in [0.717, 1.165) is 10.4 Å². The number of nitrogens with one attached hydrogen (secondary N) is 1. The lowest BCUT2D eigenvalue weighted by molar-refractivity contribution is -0.117. The van der Waals surface area contributed by atoms with Crippen molar-refractivity contribution < 1.29 is 19.4 Å². The molecule has 144 valence electrons. The Morgan fingerprint density at radius 1 is 1.26 bits per heavy atom. The maximum atomic E-state index is 12.5. The standard InChI is InChI=1S/C20H24N2O4S/c1-2-26-20(25)19-16(12-17(27-19)14-6-4-3-5-7-14)21-18(24)13-22-10-8-15(23)9-11-22/h3-7,12,15,23H,2,8-11,13H2,1H3,(H,21,24). The van der Waals surface area contributed by atoms with Gasteiger partial charge in [0.1, 0.15) is 4.88 Å². The highest BCUT2D eigenvalue weighted by Gasteiger charge is 2.22. The molecular formula is C20H24N2O4S. The van der Waals surface area contributed by atoms with Crippen LogP contribution in [0.5, 0.6) is 0 Å². The van der Waals surface area contributed by atoms with E-state index in [4.69, 9.17) is 4.74 Å². The highest BCUT2D eigenvalue weighted by molar-refractivity contribution is 7.18. The molecule has 0 radical (unpaired) electrons. The van der Waals surface area contributed by atoms with Crippen LogP contribution in [0.15, 0.2) is 36.4 Å². The number of carbonyl (C=O) groups excluding carboxylic acids is 2. The lowest BCUT2D eigenvalue weighted by Gasteiger charge is -2.28. The largest absolute Gasteiger partial charge is 0.462 e. The summed E-state index contributed by atoms with van der Waals surface area (Å²) >= 11 is 1.31. The van der Waals surface area contributed by atoms with Gasteiger partial charge in [-0.1, -0.05) is 30.3 Å². The van der Waals surface area contributed by atoms with E-state index in [1.807, 2.05) is 41.3 Å². The Labute approximate surface area is 162 Å². The van der Waals surface area contributed by atoms with Gasteiger partial charge in [0, 0.05) is 18.0 Å². The number of carbonyl (C=O) groups is 2. The van der Waals surface area contributed by atoms with Gasteiger partial charge in [-0.3, -0.25) is 9.69 Å². The first-order chi connectivity index (χ1) is 13.1. The highest BCUT2D eigenvalue weighted by Crippen LogP contribution is 2.35. The van der Waals surface area contributed by atoms with E-state index in [-0.39, 0.29) is 25.2 Å². The number of nitrogens with zero attached hydrogens (tertiary/aromatic N) is 1. The van der Waals surface area contributed by atoms with Crippen molar-refractivity contribution in [1.82, 2.24) is 4.90 Å². The summed E-state index contributed by atoms with van der Waals surface area (Å²) in [5, 5.41) is 12.4. The van der Waals surface area contributed by atoms with Crippen molar-refractivity contribution in [3.05, 3.63) is 41.3 Å². The van der Waals surface area contributed by atoms with Crippen molar-refractivity contribution in [2.24, 2.45) is 0 Å². The molecule has 1 aliphatic heterocycles. The second kappa shape index (κ2) is 9.12.